The van der Waals surface area contributed by atoms with Crippen LogP contribution in [0.1, 0.15) is 38.2 Å². The van der Waals surface area contributed by atoms with Crippen LogP contribution in [0.4, 0.5) is 4.39 Å². The zero-order chi connectivity index (χ0) is 14.7. The summed E-state index contributed by atoms with van der Waals surface area (Å²) in [5, 5.41) is 0. The number of hydrogen-bond donors (Lipinski definition) is 0. The van der Waals surface area contributed by atoms with Gasteiger partial charge in [0, 0.05) is 44.3 Å². The second kappa shape index (κ2) is 6.89. The van der Waals surface area contributed by atoms with Crippen molar-refractivity contribution in [1.29, 1.82) is 0 Å². The van der Waals surface area contributed by atoms with Gasteiger partial charge in [0.2, 0.25) is 0 Å². The van der Waals surface area contributed by atoms with Crippen molar-refractivity contribution in [2.45, 2.75) is 45.2 Å². The van der Waals surface area contributed by atoms with E-state index in [4.69, 9.17) is 0 Å². The van der Waals surface area contributed by atoms with E-state index in [0.717, 1.165) is 50.2 Å². The number of piperazine rings is 1. The Hall–Kier alpha value is -0.930. The Labute approximate surface area is 127 Å². The molecule has 3 heteroatoms. The Morgan fingerprint density at radius 3 is 2.48 bits per heavy atom. The van der Waals surface area contributed by atoms with Gasteiger partial charge in [0.25, 0.3) is 0 Å². The maximum atomic E-state index is 13.7. The van der Waals surface area contributed by atoms with Crippen LogP contribution in [0, 0.1) is 11.7 Å². The Kier molecular flexibility index (Phi) is 4.91. The van der Waals surface area contributed by atoms with Gasteiger partial charge in [-0.25, -0.2) is 4.39 Å². The van der Waals surface area contributed by atoms with E-state index >= 15 is 0 Å². The standard InChI is InChI=1S/C18H27FN2/c1-15-6-2-5-9-18(15)21-12-10-20(11-13-21)14-16-7-3-4-8-17(16)19/h3-4,7-8,15,18H,2,5-6,9-14H2,1H3/t15-,18+/m1/s1. The van der Waals surface area contributed by atoms with Gasteiger partial charge >= 0.3 is 0 Å². The van der Waals surface area contributed by atoms with Crippen molar-refractivity contribution in [2.75, 3.05) is 26.2 Å². The van der Waals surface area contributed by atoms with Gasteiger partial charge < -0.3 is 0 Å². The molecule has 2 aliphatic rings. The highest BCUT2D eigenvalue weighted by atomic mass is 19.1. The second-order valence-electron chi connectivity index (χ2n) is 6.73. The van der Waals surface area contributed by atoms with Crippen LogP contribution in [0.25, 0.3) is 0 Å². The predicted molar refractivity (Wildman–Crippen MR) is 84.7 cm³/mol. The molecule has 0 unspecified atom stereocenters. The monoisotopic (exact) mass is 290 g/mol. The Morgan fingerprint density at radius 1 is 1.05 bits per heavy atom. The molecule has 1 aliphatic heterocycles. The van der Waals surface area contributed by atoms with Crippen LogP contribution in [0.15, 0.2) is 24.3 Å². The normalized spacial score (nSPS) is 28.7. The van der Waals surface area contributed by atoms with Gasteiger partial charge in [-0.15, -0.1) is 0 Å². The minimum Gasteiger partial charge on any atom is -0.298 e. The maximum absolute atomic E-state index is 13.7. The van der Waals surface area contributed by atoms with Crippen molar-refractivity contribution in [3.63, 3.8) is 0 Å². The van der Waals surface area contributed by atoms with E-state index in [0.29, 0.717) is 0 Å². The predicted octanol–water partition coefficient (Wildman–Crippen LogP) is 3.52. The smallest absolute Gasteiger partial charge is 0.127 e. The zero-order valence-corrected chi connectivity index (χ0v) is 13.1. The first-order valence-electron chi connectivity index (χ1n) is 8.44. The molecule has 1 saturated heterocycles. The van der Waals surface area contributed by atoms with E-state index in [9.17, 15) is 4.39 Å². The van der Waals surface area contributed by atoms with Gasteiger partial charge in [-0.1, -0.05) is 38.0 Å². The highest BCUT2D eigenvalue weighted by Gasteiger charge is 2.29. The molecule has 1 aliphatic carbocycles. The van der Waals surface area contributed by atoms with Crippen LogP contribution in [-0.4, -0.2) is 42.0 Å². The Morgan fingerprint density at radius 2 is 1.76 bits per heavy atom. The van der Waals surface area contributed by atoms with Crippen LogP contribution in [0.5, 0.6) is 0 Å². The number of halogens is 1. The minimum absolute atomic E-state index is 0.0687. The summed E-state index contributed by atoms with van der Waals surface area (Å²) < 4.78 is 13.7. The third-order valence-corrected chi connectivity index (χ3v) is 5.29. The fraction of sp³-hybridized carbons (Fsp3) is 0.667. The zero-order valence-electron chi connectivity index (χ0n) is 13.1. The summed E-state index contributed by atoms with van der Waals surface area (Å²) in [4.78, 5) is 5.07. The molecule has 0 spiro atoms. The van der Waals surface area contributed by atoms with Crippen LogP contribution in [-0.2, 0) is 6.54 Å². The van der Waals surface area contributed by atoms with Crippen molar-refractivity contribution in [3.05, 3.63) is 35.6 Å². The third-order valence-electron chi connectivity index (χ3n) is 5.29. The highest BCUT2D eigenvalue weighted by Crippen LogP contribution is 2.28. The highest BCUT2D eigenvalue weighted by molar-refractivity contribution is 5.17. The average molecular weight is 290 g/mol. The summed E-state index contributed by atoms with van der Waals surface area (Å²) >= 11 is 0. The molecule has 0 N–H and O–H groups in total. The van der Waals surface area contributed by atoms with Gasteiger partial charge in [-0.05, 0) is 24.8 Å². The van der Waals surface area contributed by atoms with E-state index < -0.39 is 0 Å². The van der Waals surface area contributed by atoms with E-state index in [-0.39, 0.29) is 5.82 Å². The van der Waals surface area contributed by atoms with Crippen molar-refractivity contribution < 1.29 is 4.39 Å². The fourth-order valence-corrected chi connectivity index (χ4v) is 3.96. The van der Waals surface area contributed by atoms with Gasteiger partial charge in [0.1, 0.15) is 5.82 Å². The summed E-state index contributed by atoms with van der Waals surface area (Å²) in [5.74, 6) is 0.776. The van der Waals surface area contributed by atoms with E-state index in [2.05, 4.69) is 16.7 Å². The molecular weight excluding hydrogens is 263 g/mol. The van der Waals surface area contributed by atoms with Gasteiger partial charge in [0.05, 0.1) is 0 Å². The van der Waals surface area contributed by atoms with E-state index in [1.54, 1.807) is 12.1 Å². The summed E-state index contributed by atoms with van der Waals surface area (Å²) in [6, 6.07) is 7.95. The van der Waals surface area contributed by atoms with Crippen LogP contribution < -0.4 is 0 Å². The molecule has 1 aromatic rings. The SMILES string of the molecule is C[C@@H]1CCCC[C@@H]1N1CCN(Cc2ccccc2F)CC1. The molecule has 21 heavy (non-hydrogen) atoms. The van der Waals surface area contributed by atoms with Gasteiger partial charge in [0.15, 0.2) is 0 Å². The lowest BCUT2D eigenvalue weighted by Gasteiger charge is -2.43. The molecule has 1 saturated carbocycles. The average Bonchev–Trinajstić information content (AvgIpc) is 2.51. The third kappa shape index (κ3) is 3.64. The largest absolute Gasteiger partial charge is 0.298 e. The summed E-state index contributed by atoms with van der Waals surface area (Å²) in [7, 11) is 0. The van der Waals surface area contributed by atoms with E-state index in [1.165, 1.54) is 25.7 Å². The number of benzene rings is 1. The first-order valence-corrected chi connectivity index (χ1v) is 8.44. The molecule has 2 atom stereocenters. The molecule has 1 aromatic carbocycles. The molecule has 0 amide bonds. The van der Waals surface area contributed by atoms with Crippen molar-refractivity contribution in [1.82, 2.24) is 9.80 Å². The van der Waals surface area contributed by atoms with Crippen LogP contribution >= 0.6 is 0 Å². The van der Waals surface area contributed by atoms with Gasteiger partial charge in [-0.3, -0.25) is 9.80 Å². The molecule has 0 aromatic heterocycles. The molecule has 2 fully saturated rings. The molecule has 2 nitrogen and oxygen atoms in total. The molecular formula is C18H27FN2. The van der Waals surface area contributed by atoms with Crippen molar-refractivity contribution in [2.24, 2.45) is 5.92 Å². The lowest BCUT2D eigenvalue weighted by atomic mass is 9.84. The number of nitrogens with zero attached hydrogens (tertiary/aromatic N) is 2. The number of rotatable bonds is 3. The Balaban J connectivity index is 1.52. The first-order chi connectivity index (χ1) is 10.2. The topological polar surface area (TPSA) is 6.48 Å². The lowest BCUT2D eigenvalue weighted by Crippen LogP contribution is -2.52. The molecule has 0 radical (unpaired) electrons. The fourth-order valence-electron chi connectivity index (χ4n) is 3.96. The second-order valence-corrected chi connectivity index (χ2v) is 6.73. The van der Waals surface area contributed by atoms with Crippen molar-refractivity contribution in [3.8, 4) is 0 Å². The van der Waals surface area contributed by atoms with Crippen molar-refractivity contribution >= 4 is 0 Å². The first kappa shape index (κ1) is 15.0. The lowest BCUT2D eigenvalue weighted by molar-refractivity contribution is 0.0514. The van der Waals surface area contributed by atoms with Gasteiger partial charge in [-0.2, -0.15) is 0 Å². The summed E-state index contributed by atoms with van der Waals surface area (Å²) in [6.45, 7) is 7.58. The number of hydrogen-bond acceptors (Lipinski definition) is 2. The van der Waals surface area contributed by atoms with Crippen LogP contribution in [0.3, 0.4) is 0 Å². The summed E-state index contributed by atoms with van der Waals surface area (Å²) in [5.41, 5.74) is 0.831. The molecule has 116 valence electrons. The Bertz CT molecular complexity index is 454. The maximum Gasteiger partial charge on any atom is 0.127 e. The minimum atomic E-state index is -0.0687. The molecule has 0 bridgehead atoms. The quantitative estimate of drug-likeness (QED) is 0.840. The molecule has 1 heterocycles. The molecule has 3 rings (SSSR count). The summed E-state index contributed by atoms with van der Waals surface area (Å²) in [6.07, 6.45) is 5.56. The van der Waals surface area contributed by atoms with E-state index in [1.807, 2.05) is 12.1 Å². The van der Waals surface area contributed by atoms with Crippen LogP contribution in [0.2, 0.25) is 0 Å².